The van der Waals surface area contributed by atoms with Crippen molar-refractivity contribution in [3.05, 3.63) is 46.2 Å². The van der Waals surface area contributed by atoms with Gasteiger partial charge in [-0.15, -0.1) is 0 Å². The lowest BCUT2D eigenvalue weighted by Crippen LogP contribution is -2.24. The lowest BCUT2D eigenvalue weighted by atomic mass is 9.89. The summed E-state index contributed by atoms with van der Waals surface area (Å²) < 4.78 is 2.52. The van der Waals surface area contributed by atoms with Crippen LogP contribution < -0.4 is 5.73 Å². The second kappa shape index (κ2) is 4.74. The second-order valence-corrected chi connectivity index (χ2v) is 6.04. The number of rotatable bonds is 4. The van der Waals surface area contributed by atoms with E-state index in [9.17, 15) is 4.79 Å². The van der Waals surface area contributed by atoms with Crippen molar-refractivity contribution >= 4 is 27.4 Å². The molecule has 3 rings (SSSR count). The van der Waals surface area contributed by atoms with Gasteiger partial charge in [0.05, 0.1) is 16.1 Å². The molecule has 20 heavy (non-hydrogen) atoms. The van der Waals surface area contributed by atoms with E-state index in [0.29, 0.717) is 12.2 Å². The third-order valence-electron chi connectivity index (χ3n) is 3.96. The molecule has 0 radical (unpaired) electrons. The molecule has 0 bridgehead atoms. The fourth-order valence-corrected chi connectivity index (χ4v) is 3.10. The van der Waals surface area contributed by atoms with Crippen molar-refractivity contribution < 1.29 is 4.79 Å². The number of hydrogen-bond acceptors (Lipinski definition) is 3. The van der Waals surface area contributed by atoms with Crippen LogP contribution in [0.15, 0.2) is 34.9 Å². The van der Waals surface area contributed by atoms with Crippen LogP contribution in [0.3, 0.4) is 0 Å². The maximum atomic E-state index is 13.0. The highest BCUT2D eigenvalue weighted by Gasteiger charge is 2.52. The summed E-state index contributed by atoms with van der Waals surface area (Å²) in [6, 6.07) is 7.63. The Labute approximate surface area is 126 Å². The highest BCUT2D eigenvalue weighted by atomic mass is 79.9. The fourth-order valence-electron chi connectivity index (χ4n) is 2.63. The number of Topliss-reactive ketones (excluding diaryl/α,β-unsaturated/α-hetero) is 1. The Kier molecular flexibility index (Phi) is 3.17. The van der Waals surface area contributed by atoms with E-state index in [1.165, 1.54) is 0 Å². The Morgan fingerprint density at radius 3 is 2.60 bits per heavy atom. The number of carbonyl (C=O) groups is 1. The van der Waals surface area contributed by atoms with E-state index in [0.717, 1.165) is 28.6 Å². The molecule has 5 heteroatoms. The molecule has 0 amide bonds. The van der Waals surface area contributed by atoms with Crippen molar-refractivity contribution in [2.75, 3.05) is 5.73 Å². The van der Waals surface area contributed by atoms with Crippen LogP contribution in [0.5, 0.6) is 0 Å². The molecule has 1 aromatic heterocycles. The molecular formula is C15H16BrN3O. The maximum Gasteiger partial charge on any atom is 0.192 e. The van der Waals surface area contributed by atoms with Gasteiger partial charge in [0.2, 0.25) is 0 Å². The van der Waals surface area contributed by atoms with Crippen molar-refractivity contribution in [3.63, 3.8) is 0 Å². The van der Waals surface area contributed by atoms with Crippen LogP contribution >= 0.6 is 15.9 Å². The summed E-state index contributed by atoms with van der Waals surface area (Å²) in [7, 11) is 0. The van der Waals surface area contributed by atoms with Crippen molar-refractivity contribution in [2.24, 2.45) is 0 Å². The molecule has 1 fully saturated rings. The molecule has 1 aromatic carbocycles. The first kappa shape index (κ1) is 13.4. The Morgan fingerprint density at radius 1 is 1.40 bits per heavy atom. The molecule has 2 aromatic rings. The minimum absolute atomic E-state index is 0.147. The Morgan fingerprint density at radius 2 is 2.05 bits per heavy atom. The van der Waals surface area contributed by atoms with Crippen LogP contribution in [0.1, 0.15) is 35.8 Å². The number of nitrogens with two attached hydrogens (primary N) is 1. The minimum atomic E-state index is -0.386. The third-order valence-corrected chi connectivity index (χ3v) is 4.54. The highest BCUT2D eigenvalue weighted by molar-refractivity contribution is 9.10. The predicted molar refractivity (Wildman–Crippen MR) is 81.7 cm³/mol. The molecule has 1 saturated carbocycles. The highest BCUT2D eigenvalue weighted by Crippen LogP contribution is 2.51. The molecule has 2 N–H and O–H groups in total. The molecule has 1 aliphatic rings. The second-order valence-electron chi connectivity index (χ2n) is 5.19. The minimum Gasteiger partial charge on any atom is -0.399 e. The zero-order valence-electron chi connectivity index (χ0n) is 11.3. The van der Waals surface area contributed by atoms with Gasteiger partial charge in [-0.05, 0) is 53.4 Å². The molecular weight excluding hydrogens is 318 g/mol. The number of ketones is 1. The lowest BCUT2D eigenvalue weighted by Gasteiger charge is -2.16. The number of benzene rings is 1. The molecule has 1 heterocycles. The van der Waals surface area contributed by atoms with E-state index in [-0.39, 0.29) is 11.2 Å². The smallest absolute Gasteiger partial charge is 0.192 e. The molecule has 0 saturated heterocycles. The first-order chi connectivity index (χ1) is 9.58. The van der Waals surface area contributed by atoms with Gasteiger partial charge < -0.3 is 5.73 Å². The number of aromatic nitrogens is 2. The Hall–Kier alpha value is -1.62. The van der Waals surface area contributed by atoms with Gasteiger partial charge in [0.25, 0.3) is 0 Å². The lowest BCUT2D eigenvalue weighted by molar-refractivity contribution is 0.0934. The number of anilines is 1. The predicted octanol–water partition coefficient (Wildman–Crippen LogP) is 3.16. The van der Waals surface area contributed by atoms with Crippen LogP contribution in [0.2, 0.25) is 0 Å². The van der Waals surface area contributed by atoms with Crippen LogP contribution in [-0.2, 0) is 12.0 Å². The van der Waals surface area contributed by atoms with Crippen molar-refractivity contribution in [2.45, 2.75) is 31.7 Å². The van der Waals surface area contributed by atoms with Gasteiger partial charge in [-0.2, -0.15) is 5.10 Å². The first-order valence-corrected chi connectivity index (χ1v) is 7.50. The van der Waals surface area contributed by atoms with Gasteiger partial charge in [-0.1, -0.05) is 12.1 Å². The normalized spacial score (nSPS) is 16.1. The summed E-state index contributed by atoms with van der Waals surface area (Å²) in [5.74, 6) is 0.147. The quantitative estimate of drug-likeness (QED) is 0.690. The zero-order chi connectivity index (χ0) is 14.3. The van der Waals surface area contributed by atoms with Crippen molar-refractivity contribution in [1.29, 1.82) is 0 Å². The van der Waals surface area contributed by atoms with Crippen LogP contribution in [0.4, 0.5) is 5.69 Å². The molecule has 0 spiro atoms. The standard InChI is InChI=1S/C15H16BrN3O/c1-2-19-13(12(16)9-18-19)14(20)15(7-8-15)10-3-5-11(17)6-4-10/h3-6,9H,2,7-8,17H2,1H3. The SMILES string of the molecule is CCn1ncc(Br)c1C(=O)C1(c2ccc(N)cc2)CC1. The number of carbonyl (C=O) groups excluding carboxylic acids is 1. The molecule has 1 aliphatic carbocycles. The Bertz CT molecular complexity index is 656. The largest absolute Gasteiger partial charge is 0.399 e. The van der Waals surface area contributed by atoms with Crippen molar-refractivity contribution in [1.82, 2.24) is 9.78 Å². The van der Waals surface area contributed by atoms with Gasteiger partial charge in [-0.25, -0.2) is 0 Å². The average molecular weight is 334 g/mol. The molecule has 0 aliphatic heterocycles. The number of halogens is 1. The van der Waals surface area contributed by atoms with Gasteiger partial charge >= 0.3 is 0 Å². The summed E-state index contributed by atoms with van der Waals surface area (Å²) in [5.41, 5.74) is 7.77. The molecule has 104 valence electrons. The van der Waals surface area contributed by atoms with E-state index in [1.54, 1.807) is 10.9 Å². The monoisotopic (exact) mass is 333 g/mol. The van der Waals surface area contributed by atoms with Gasteiger partial charge in [-0.3, -0.25) is 9.48 Å². The van der Waals surface area contributed by atoms with Crippen molar-refractivity contribution in [3.8, 4) is 0 Å². The van der Waals surface area contributed by atoms with E-state index in [4.69, 9.17) is 5.73 Å². The van der Waals surface area contributed by atoms with Crippen LogP contribution in [0, 0.1) is 0 Å². The first-order valence-electron chi connectivity index (χ1n) is 6.70. The van der Waals surface area contributed by atoms with E-state index in [1.807, 2.05) is 31.2 Å². The van der Waals surface area contributed by atoms with E-state index in [2.05, 4.69) is 21.0 Å². The molecule has 0 unspecified atom stereocenters. The molecule has 4 nitrogen and oxygen atoms in total. The van der Waals surface area contributed by atoms with Crippen LogP contribution in [-0.4, -0.2) is 15.6 Å². The summed E-state index contributed by atoms with van der Waals surface area (Å²) in [6.45, 7) is 2.67. The number of nitrogens with zero attached hydrogens (tertiary/aromatic N) is 2. The van der Waals surface area contributed by atoms with E-state index >= 15 is 0 Å². The number of nitrogen functional groups attached to an aromatic ring is 1. The van der Waals surface area contributed by atoms with Crippen LogP contribution in [0.25, 0.3) is 0 Å². The maximum absolute atomic E-state index is 13.0. The summed E-state index contributed by atoms with van der Waals surface area (Å²) in [6.07, 6.45) is 3.46. The summed E-state index contributed by atoms with van der Waals surface area (Å²) >= 11 is 3.44. The number of aryl methyl sites for hydroxylation is 1. The Balaban J connectivity index is 2.01. The fraction of sp³-hybridized carbons (Fsp3) is 0.333. The van der Waals surface area contributed by atoms with Gasteiger partial charge in [0.1, 0.15) is 5.69 Å². The topological polar surface area (TPSA) is 60.9 Å². The zero-order valence-corrected chi connectivity index (χ0v) is 12.9. The summed E-state index contributed by atoms with van der Waals surface area (Å²) in [5, 5.41) is 4.23. The third kappa shape index (κ3) is 1.97. The van der Waals surface area contributed by atoms with Gasteiger partial charge in [0.15, 0.2) is 5.78 Å². The summed E-state index contributed by atoms with van der Waals surface area (Å²) in [4.78, 5) is 13.0. The van der Waals surface area contributed by atoms with E-state index < -0.39 is 0 Å². The number of hydrogen-bond donors (Lipinski definition) is 1. The van der Waals surface area contributed by atoms with Gasteiger partial charge in [0, 0.05) is 12.2 Å². The average Bonchev–Trinajstić information content (AvgIpc) is 3.17. The molecule has 0 atom stereocenters.